The van der Waals surface area contributed by atoms with Crippen LogP contribution in [0.3, 0.4) is 0 Å². The summed E-state index contributed by atoms with van der Waals surface area (Å²) in [6.45, 7) is 1.35. The number of benzene rings is 1. The Labute approximate surface area is 91.2 Å². The fourth-order valence-electron chi connectivity index (χ4n) is 1.43. The predicted molar refractivity (Wildman–Crippen MR) is 55.6 cm³/mol. The molecule has 0 atom stereocenters. The van der Waals surface area contributed by atoms with Crippen LogP contribution in [0.2, 0.25) is 5.02 Å². The molecule has 0 unspecified atom stereocenters. The highest BCUT2D eigenvalue weighted by molar-refractivity contribution is 6.31. The van der Waals surface area contributed by atoms with Gasteiger partial charge in [-0.3, -0.25) is 9.59 Å². The van der Waals surface area contributed by atoms with Gasteiger partial charge in [0.2, 0.25) is 0 Å². The smallest absolute Gasteiger partial charge is 0.262 e. The minimum Gasteiger partial charge on any atom is -0.481 e. The molecule has 0 aromatic heterocycles. The molecule has 15 heavy (non-hydrogen) atoms. The van der Waals surface area contributed by atoms with Gasteiger partial charge < -0.3 is 10.1 Å². The van der Waals surface area contributed by atoms with Gasteiger partial charge in [-0.1, -0.05) is 11.6 Å². The van der Waals surface area contributed by atoms with Crippen LogP contribution in [0.4, 0.5) is 5.69 Å². The Morgan fingerprint density at radius 1 is 1.53 bits per heavy atom. The molecule has 5 heteroatoms. The third kappa shape index (κ3) is 1.80. The molecule has 2 rings (SSSR count). The number of ether oxygens (including phenoxy) is 1. The lowest BCUT2D eigenvalue weighted by molar-refractivity contribution is -0.118. The van der Waals surface area contributed by atoms with Gasteiger partial charge in [0.05, 0.1) is 11.3 Å². The molecule has 1 aliphatic heterocycles. The van der Waals surface area contributed by atoms with Crippen molar-refractivity contribution < 1.29 is 14.3 Å². The highest BCUT2D eigenvalue weighted by Gasteiger charge is 2.21. The molecule has 78 valence electrons. The summed E-state index contributed by atoms with van der Waals surface area (Å²) >= 11 is 5.81. The Morgan fingerprint density at radius 2 is 2.27 bits per heavy atom. The van der Waals surface area contributed by atoms with Crippen molar-refractivity contribution in [1.82, 2.24) is 0 Å². The molecule has 0 aliphatic carbocycles. The Bertz CT molecular complexity index is 456. The van der Waals surface area contributed by atoms with E-state index in [1.54, 1.807) is 6.07 Å². The normalized spacial score (nSPS) is 13.9. The standard InChI is InChI=1S/C10H8ClNO3/c1-5(13)7-2-6(11)3-8-10(7)15-4-9(14)12-8/h2-3H,4H2,1H3,(H,12,14). The number of Topliss-reactive ketones (excluding diaryl/α,β-unsaturated/α-hetero) is 1. The molecule has 1 aliphatic rings. The van der Waals surface area contributed by atoms with E-state index in [-0.39, 0.29) is 18.3 Å². The number of hydrogen-bond donors (Lipinski definition) is 1. The van der Waals surface area contributed by atoms with Gasteiger partial charge in [-0.25, -0.2) is 0 Å². The molecule has 0 radical (unpaired) electrons. The zero-order valence-corrected chi connectivity index (χ0v) is 8.72. The van der Waals surface area contributed by atoms with Crippen molar-refractivity contribution in [3.8, 4) is 5.75 Å². The molecule has 1 aromatic carbocycles. The maximum absolute atomic E-state index is 11.3. The fourth-order valence-corrected chi connectivity index (χ4v) is 1.65. The van der Waals surface area contributed by atoms with E-state index in [1.807, 2.05) is 0 Å². The lowest BCUT2D eigenvalue weighted by atomic mass is 10.1. The maximum atomic E-state index is 11.3. The molecule has 0 saturated carbocycles. The lowest BCUT2D eigenvalue weighted by Gasteiger charge is -2.20. The van der Waals surface area contributed by atoms with Crippen LogP contribution in [0.1, 0.15) is 17.3 Å². The van der Waals surface area contributed by atoms with Gasteiger partial charge >= 0.3 is 0 Å². The van der Waals surface area contributed by atoms with E-state index < -0.39 is 0 Å². The summed E-state index contributed by atoms with van der Waals surface area (Å²) in [5.74, 6) is -0.00401. The van der Waals surface area contributed by atoms with E-state index in [0.717, 1.165) is 0 Å². The summed E-state index contributed by atoms with van der Waals surface area (Å²) in [5, 5.41) is 2.99. The van der Waals surface area contributed by atoms with Gasteiger partial charge in [0.15, 0.2) is 18.1 Å². The van der Waals surface area contributed by atoms with E-state index in [9.17, 15) is 9.59 Å². The van der Waals surface area contributed by atoms with Crippen LogP contribution in [0.5, 0.6) is 5.75 Å². The average molecular weight is 226 g/mol. The number of halogens is 1. The van der Waals surface area contributed by atoms with Crippen molar-refractivity contribution in [2.75, 3.05) is 11.9 Å². The highest BCUT2D eigenvalue weighted by atomic mass is 35.5. The third-order valence-electron chi connectivity index (χ3n) is 2.05. The van der Waals surface area contributed by atoms with Crippen molar-refractivity contribution in [3.63, 3.8) is 0 Å². The third-order valence-corrected chi connectivity index (χ3v) is 2.27. The Balaban J connectivity index is 2.58. The first-order chi connectivity index (χ1) is 7.08. The zero-order chi connectivity index (χ0) is 11.0. The number of fused-ring (bicyclic) bond motifs is 1. The van der Waals surface area contributed by atoms with Crippen LogP contribution >= 0.6 is 11.6 Å². The molecule has 0 fully saturated rings. The molecule has 0 spiro atoms. The van der Waals surface area contributed by atoms with Crippen LogP contribution in [0.15, 0.2) is 12.1 Å². The van der Waals surface area contributed by atoms with E-state index in [4.69, 9.17) is 16.3 Å². The van der Waals surface area contributed by atoms with Crippen LogP contribution in [0.25, 0.3) is 0 Å². The quantitative estimate of drug-likeness (QED) is 0.743. The second kappa shape index (κ2) is 3.55. The first kappa shape index (κ1) is 9.98. The van der Waals surface area contributed by atoms with E-state index in [0.29, 0.717) is 22.0 Å². The summed E-state index contributed by atoms with van der Waals surface area (Å²) < 4.78 is 5.19. The summed E-state index contributed by atoms with van der Waals surface area (Å²) in [5.41, 5.74) is 0.835. The number of anilines is 1. The highest BCUT2D eigenvalue weighted by Crippen LogP contribution is 2.34. The molecule has 4 nitrogen and oxygen atoms in total. The number of nitrogens with one attached hydrogen (secondary N) is 1. The largest absolute Gasteiger partial charge is 0.481 e. The van der Waals surface area contributed by atoms with Crippen molar-refractivity contribution in [2.24, 2.45) is 0 Å². The fraction of sp³-hybridized carbons (Fsp3) is 0.200. The topological polar surface area (TPSA) is 55.4 Å². The summed E-state index contributed by atoms with van der Waals surface area (Å²) in [6, 6.07) is 3.08. The second-order valence-corrected chi connectivity index (χ2v) is 3.66. The van der Waals surface area contributed by atoms with E-state index >= 15 is 0 Å². The molecule has 1 N–H and O–H groups in total. The number of carbonyl (C=O) groups is 2. The molecule has 0 saturated heterocycles. The lowest BCUT2D eigenvalue weighted by Crippen LogP contribution is -2.26. The first-order valence-electron chi connectivity index (χ1n) is 4.35. The number of hydrogen-bond acceptors (Lipinski definition) is 3. The number of carbonyl (C=O) groups excluding carboxylic acids is 2. The average Bonchev–Trinajstić information content (AvgIpc) is 2.15. The maximum Gasteiger partial charge on any atom is 0.262 e. The number of ketones is 1. The summed E-state index contributed by atoms with van der Waals surface area (Å²) in [4.78, 5) is 22.4. The molecule has 1 amide bonds. The van der Waals surface area contributed by atoms with Crippen molar-refractivity contribution in [2.45, 2.75) is 6.92 Å². The first-order valence-corrected chi connectivity index (χ1v) is 4.73. The van der Waals surface area contributed by atoms with Crippen molar-refractivity contribution in [1.29, 1.82) is 0 Å². The van der Waals surface area contributed by atoms with Crippen LogP contribution in [0, 0.1) is 0 Å². The molecule has 0 bridgehead atoms. The Kier molecular flexibility index (Phi) is 2.36. The molecule has 1 heterocycles. The molecule has 1 aromatic rings. The van der Waals surface area contributed by atoms with Gasteiger partial charge in [-0.05, 0) is 19.1 Å². The Hall–Kier alpha value is -1.55. The minimum atomic E-state index is -0.251. The minimum absolute atomic E-state index is 0.0745. The van der Waals surface area contributed by atoms with E-state index in [1.165, 1.54) is 13.0 Å². The Morgan fingerprint density at radius 3 is 2.93 bits per heavy atom. The molecular weight excluding hydrogens is 218 g/mol. The second-order valence-electron chi connectivity index (χ2n) is 3.22. The number of rotatable bonds is 1. The predicted octanol–water partition coefficient (Wildman–Crippen LogP) is 1.87. The molecular formula is C10H8ClNO3. The number of amides is 1. The van der Waals surface area contributed by atoms with Gasteiger partial charge in [-0.2, -0.15) is 0 Å². The summed E-state index contributed by atoms with van der Waals surface area (Å²) in [6.07, 6.45) is 0. The van der Waals surface area contributed by atoms with Crippen LogP contribution in [-0.4, -0.2) is 18.3 Å². The van der Waals surface area contributed by atoms with Crippen molar-refractivity contribution >= 4 is 29.0 Å². The van der Waals surface area contributed by atoms with Gasteiger partial charge in [-0.15, -0.1) is 0 Å². The monoisotopic (exact) mass is 225 g/mol. The van der Waals surface area contributed by atoms with E-state index in [2.05, 4.69) is 5.32 Å². The van der Waals surface area contributed by atoms with Gasteiger partial charge in [0.25, 0.3) is 5.91 Å². The van der Waals surface area contributed by atoms with Crippen molar-refractivity contribution in [3.05, 3.63) is 22.7 Å². The van der Waals surface area contributed by atoms with Crippen LogP contribution < -0.4 is 10.1 Å². The summed E-state index contributed by atoms with van der Waals surface area (Å²) in [7, 11) is 0. The van der Waals surface area contributed by atoms with Gasteiger partial charge in [0, 0.05) is 5.02 Å². The van der Waals surface area contributed by atoms with Gasteiger partial charge in [0.1, 0.15) is 0 Å². The van der Waals surface area contributed by atoms with Crippen LogP contribution in [-0.2, 0) is 4.79 Å². The SMILES string of the molecule is CC(=O)c1cc(Cl)cc2c1OCC(=O)N2. The zero-order valence-electron chi connectivity index (χ0n) is 7.96.